The van der Waals surface area contributed by atoms with Crippen molar-refractivity contribution in [2.24, 2.45) is 0 Å². The molecule has 2 N–H and O–H groups in total. The predicted octanol–water partition coefficient (Wildman–Crippen LogP) is 3.14. The number of rotatable bonds is 7. The number of nitrogens with one attached hydrogen (secondary N) is 2. The first kappa shape index (κ1) is 19.6. The molecule has 2 unspecified atom stereocenters. The standard InChI is InChI=1S/C21H26N6O/c1-16(20(26(2)3)17-9-5-4-6-10-17)24-21(28)25-19-13-23-27(15-19)14-18-11-7-8-12-22-18/h4-13,15-16,20H,14H2,1-3H3,(H2,24,25,28). The molecule has 0 saturated carbocycles. The molecule has 0 spiro atoms. The molecule has 2 heterocycles. The Labute approximate surface area is 165 Å². The quantitative estimate of drug-likeness (QED) is 0.662. The van der Waals surface area contributed by atoms with E-state index in [1.807, 2.05) is 57.4 Å². The van der Waals surface area contributed by atoms with Crippen molar-refractivity contribution in [3.8, 4) is 0 Å². The number of pyridine rings is 1. The number of likely N-dealkylation sites (N-methyl/N-ethyl adjacent to an activating group) is 1. The van der Waals surface area contributed by atoms with Crippen molar-refractivity contribution in [3.05, 3.63) is 78.4 Å². The Bertz CT molecular complexity index is 878. The lowest BCUT2D eigenvalue weighted by molar-refractivity contribution is 0.223. The minimum Gasteiger partial charge on any atom is -0.333 e. The Morgan fingerprint density at radius 2 is 1.89 bits per heavy atom. The van der Waals surface area contributed by atoms with Gasteiger partial charge in [-0.3, -0.25) is 9.67 Å². The first-order valence-corrected chi connectivity index (χ1v) is 9.24. The molecule has 2 amide bonds. The van der Waals surface area contributed by atoms with Crippen LogP contribution >= 0.6 is 0 Å². The summed E-state index contributed by atoms with van der Waals surface area (Å²) in [5, 5.41) is 10.2. The number of hydrogen-bond donors (Lipinski definition) is 2. The van der Waals surface area contributed by atoms with Crippen LogP contribution in [0.5, 0.6) is 0 Å². The van der Waals surface area contributed by atoms with Gasteiger partial charge in [-0.2, -0.15) is 5.10 Å². The van der Waals surface area contributed by atoms with Crippen molar-refractivity contribution < 1.29 is 4.79 Å². The van der Waals surface area contributed by atoms with E-state index >= 15 is 0 Å². The van der Waals surface area contributed by atoms with Crippen LogP contribution < -0.4 is 10.6 Å². The lowest BCUT2D eigenvalue weighted by atomic mass is 9.99. The molecule has 0 bridgehead atoms. The van der Waals surface area contributed by atoms with Gasteiger partial charge in [-0.25, -0.2) is 4.79 Å². The van der Waals surface area contributed by atoms with E-state index in [9.17, 15) is 4.79 Å². The summed E-state index contributed by atoms with van der Waals surface area (Å²) in [6.45, 7) is 2.55. The first-order valence-electron chi connectivity index (χ1n) is 9.24. The number of nitrogens with zero attached hydrogens (tertiary/aromatic N) is 4. The maximum absolute atomic E-state index is 12.5. The van der Waals surface area contributed by atoms with Gasteiger partial charge >= 0.3 is 6.03 Å². The molecule has 3 rings (SSSR count). The smallest absolute Gasteiger partial charge is 0.319 e. The zero-order valence-electron chi connectivity index (χ0n) is 16.4. The van der Waals surface area contributed by atoms with E-state index in [0.29, 0.717) is 12.2 Å². The van der Waals surface area contributed by atoms with E-state index in [4.69, 9.17) is 0 Å². The summed E-state index contributed by atoms with van der Waals surface area (Å²) in [7, 11) is 4.02. The molecule has 1 aromatic carbocycles. The van der Waals surface area contributed by atoms with Crippen molar-refractivity contribution in [1.82, 2.24) is 25.0 Å². The van der Waals surface area contributed by atoms with Gasteiger partial charge in [0.05, 0.1) is 30.2 Å². The van der Waals surface area contributed by atoms with Crippen LogP contribution in [0.3, 0.4) is 0 Å². The molecular formula is C21H26N6O. The van der Waals surface area contributed by atoms with Crippen molar-refractivity contribution in [2.75, 3.05) is 19.4 Å². The van der Waals surface area contributed by atoms with Crippen LogP contribution in [-0.2, 0) is 6.54 Å². The highest BCUT2D eigenvalue weighted by molar-refractivity contribution is 5.89. The molecule has 3 aromatic rings. The molecule has 2 atom stereocenters. The molecule has 0 aliphatic heterocycles. The summed E-state index contributed by atoms with van der Waals surface area (Å²) in [5.41, 5.74) is 2.71. The number of hydrogen-bond acceptors (Lipinski definition) is 4. The fourth-order valence-corrected chi connectivity index (χ4v) is 3.31. The van der Waals surface area contributed by atoms with Crippen LogP contribution in [0.25, 0.3) is 0 Å². The second-order valence-corrected chi connectivity index (χ2v) is 6.95. The van der Waals surface area contributed by atoms with Crippen LogP contribution in [0.4, 0.5) is 10.5 Å². The first-order chi connectivity index (χ1) is 13.5. The zero-order valence-corrected chi connectivity index (χ0v) is 16.4. The number of carbonyl (C=O) groups excluding carboxylic acids is 1. The average Bonchev–Trinajstić information content (AvgIpc) is 3.09. The number of carbonyl (C=O) groups is 1. The zero-order chi connectivity index (χ0) is 19.9. The second kappa shape index (κ2) is 9.14. The van der Waals surface area contributed by atoms with Gasteiger partial charge in [0.25, 0.3) is 0 Å². The third-order valence-corrected chi connectivity index (χ3v) is 4.47. The van der Waals surface area contributed by atoms with Gasteiger partial charge in [0.2, 0.25) is 0 Å². The molecule has 0 saturated heterocycles. The van der Waals surface area contributed by atoms with Crippen LogP contribution in [-0.4, -0.2) is 45.8 Å². The lowest BCUT2D eigenvalue weighted by Gasteiger charge is -2.31. The summed E-state index contributed by atoms with van der Waals surface area (Å²) in [6.07, 6.45) is 5.17. The number of amides is 2. The Kier molecular flexibility index (Phi) is 6.39. The molecule has 0 aliphatic rings. The van der Waals surface area contributed by atoms with E-state index in [1.165, 1.54) is 0 Å². The van der Waals surface area contributed by atoms with Crippen LogP contribution in [0.2, 0.25) is 0 Å². The summed E-state index contributed by atoms with van der Waals surface area (Å²) >= 11 is 0. The van der Waals surface area contributed by atoms with E-state index in [0.717, 1.165) is 11.3 Å². The lowest BCUT2D eigenvalue weighted by Crippen LogP contribution is -2.44. The summed E-state index contributed by atoms with van der Waals surface area (Å²) in [5.74, 6) is 0. The highest BCUT2D eigenvalue weighted by Crippen LogP contribution is 2.21. The molecule has 0 aliphatic carbocycles. The summed E-state index contributed by atoms with van der Waals surface area (Å²) < 4.78 is 1.74. The molecule has 0 fully saturated rings. The van der Waals surface area contributed by atoms with Crippen molar-refractivity contribution >= 4 is 11.7 Å². The third kappa shape index (κ3) is 5.17. The molecule has 7 heteroatoms. The predicted molar refractivity (Wildman–Crippen MR) is 110 cm³/mol. The van der Waals surface area contributed by atoms with Gasteiger partial charge in [0.15, 0.2) is 0 Å². The van der Waals surface area contributed by atoms with Crippen LogP contribution in [0.15, 0.2) is 67.1 Å². The van der Waals surface area contributed by atoms with Gasteiger partial charge in [-0.15, -0.1) is 0 Å². The Balaban J connectivity index is 1.59. The normalized spacial score (nSPS) is 13.1. The molecule has 7 nitrogen and oxygen atoms in total. The minimum atomic E-state index is -0.257. The van der Waals surface area contributed by atoms with Crippen LogP contribution in [0, 0.1) is 0 Å². The van der Waals surface area contributed by atoms with Crippen molar-refractivity contribution in [3.63, 3.8) is 0 Å². The SMILES string of the molecule is CC(NC(=O)Nc1cnn(Cc2ccccn2)c1)C(c1ccccc1)N(C)C. The highest BCUT2D eigenvalue weighted by Gasteiger charge is 2.23. The molecule has 2 aromatic heterocycles. The van der Waals surface area contributed by atoms with E-state index in [-0.39, 0.29) is 18.1 Å². The van der Waals surface area contributed by atoms with Gasteiger partial charge in [0.1, 0.15) is 0 Å². The topological polar surface area (TPSA) is 75.1 Å². The van der Waals surface area contributed by atoms with E-state index in [1.54, 1.807) is 23.3 Å². The second-order valence-electron chi connectivity index (χ2n) is 6.95. The molecule has 0 radical (unpaired) electrons. The monoisotopic (exact) mass is 378 g/mol. The maximum Gasteiger partial charge on any atom is 0.319 e. The fraction of sp³-hybridized carbons (Fsp3) is 0.286. The largest absolute Gasteiger partial charge is 0.333 e. The molecule has 146 valence electrons. The number of anilines is 1. The fourth-order valence-electron chi connectivity index (χ4n) is 3.31. The minimum absolute atomic E-state index is 0.0684. The van der Waals surface area contributed by atoms with Gasteiger partial charge in [-0.1, -0.05) is 36.4 Å². The number of aromatic nitrogens is 3. The van der Waals surface area contributed by atoms with Gasteiger partial charge in [0, 0.05) is 18.4 Å². The van der Waals surface area contributed by atoms with Crippen molar-refractivity contribution in [1.29, 1.82) is 0 Å². The highest BCUT2D eigenvalue weighted by atomic mass is 16.2. The Hall–Kier alpha value is -3.19. The Morgan fingerprint density at radius 3 is 2.57 bits per heavy atom. The van der Waals surface area contributed by atoms with Crippen molar-refractivity contribution in [2.45, 2.75) is 25.6 Å². The maximum atomic E-state index is 12.5. The summed E-state index contributed by atoms with van der Waals surface area (Å²) in [6, 6.07) is 15.6. The molecular weight excluding hydrogens is 352 g/mol. The molecule has 28 heavy (non-hydrogen) atoms. The number of urea groups is 1. The summed E-state index contributed by atoms with van der Waals surface area (Å²) in [4.78, 5) is 18.8. The van der Waals surface area contributed by atoms with E-state index < -0.39 is 0 Å². The van der Waals surface area contributed by atoms with Crippen LogP contribution in [0.1, 0.15) is 24.2 Å². The number of benzene rings is 1. The van der Waals surface area contributed by atoms with Gasteiger partial charge < -0.3 is 15.5 Å². The third-order valence-electron chi connectivity index (χ3n) is 4.47. The van der Waals surface area contributed by atoms with E-state index in [2.05, 4.69) is 37.7 Å². The van der Waals surface area contributed by atoms with Gasteiger partial charge in [-0.05, 0) is 38.7 Å². The average molecular weight is 378 g/mol. The Morgan fingerprint density at radius 1 is 1.14 bits per heavy atom.